The third kappa shape index (κ3) is 6.54. The van der Waals surface area contributed by atoms with Crippen LogP contribution in [0.2, 0.25) is 0 Å². The molecule has 0 N–H and O–H groups in total. The first-order chi connectivity index (χ1) is 20.7. The van der Waals surface area contributed by atoms with Crippen molar-refractivity contribution in [3.8, 4) is 5.88 Å². The first-order valence-corrected chi connectivity index (χ1v) is 14.0. The van der Waals surface area contributed by atoms with Gasteiger partial charge in [0.05, 0.1) is 31.0 Å². The number of halogens is 3. The van der Waals surface area contributed by atoms with Gasteiger partial charge < -0.3 is 19.1 Å². The van der Waals surface area contributed by atoms with E-state index in [-0.39, 0.29) is 12.5 Å². The van der Waals surface area contributed by atoms with Gasteiger partial charge in [-0.15, -0.1) is 0 Å². The summed E-state index contributed by atoms with van der Waals surface area (Å²) in [5, 5.41) is 1.02. The van der Waals surface area contributed by atoms with Crippen molar-refractivity contribution in [3.05, 3.63) is 60.2 Å². The van der Waals surface area contributed by atoms with E-state index >= 15 is 0 Å². The van der Waals surface area contributed by atoms with Crippen molar-refractivity contribution in [3.63, 3.8) is 0 Å². The van der Waals surface area contributed by atoms with Crippen LogP contribution < -0.4 is 9.64 Å². The molecule has 0 aliphatic carbocycles. The third-order valence-electron chi connectivity index (χ3n) is 7.60. The Labute approximate surface area is 244 Å². The summed E-state index contributed by atoms with van der Waals surface area (Å²) in [6, 6.07) is 11.6. The first-order valence-electron chi connectivity index (χ1n) is 14.0. The number of carbonyl (C=O) groups is 2. The van der Waals surface area contributed by atoms with Gasteiger partial charge in [0.1, 0.15) is 6.61 Å². The van der Waals surface area contributed by atoms with Crippen LogP contribution in [-0.4, -0.2) is 88.3 Å². The molecular weight excluding hydrogens is 569 g/mol. The molecule has 2 saturated heterocycles. The van der Waals surface area contributed by atoms with E-state index in [2.05, 4.69) is 14.6 Å². The summed E-state index contributed by atoms with van der Waals surface area (Å²) in [5.74, 6) is -2.43. The van der Waals surface area contributed by atoms with E-state index in [9.17, 15) is 22.8 Å². The number of morpholine rings is 1. The van der Waals surface area contributed by atoms with Crippen molar-refractivity contribution in [1.29, 1.82) is 0 Å². The van der Waals surface area contributed by atoms with Gasteiger partial charge in [0, 0.05) is 48.5 Å². The van der Waals surface area contributed by atoms with Gasteiger partial charge in [-0.3, -0.25) is 14.1 Å². The number of pyridine rings is 1. The molecule has 5 heterocycles. The van der Waals surface area contributed by atoms with Crippen molar-refractivity contribution in [2.24, 2.45) is 0 Å². The van der Waals surface area contributed by atoms with Crippen LogP contribution >= 0.6 is 0 Å². The number of hydrogen-bond donors (Lipinski definition) is 0. The second-order valence-corrected chi connectivity index (χ2v) is 10.5. The van der Waals surface area contributed by atoms with E-state index in [0.29, 0.717) is 69.5 Å². The molecular formula is C29H29F3N6O5. The number of likely N-dealkylation sites (tertiary alicyclic amines) is 1. The van der Waals surface area contributed by atoms with Crippen molar-refractivity contribution < 1.29 is 37.0 Å². The molecule has 0 radical (unpaired) electrons. The Kier molecular flexibility index (Phi) is 8.13. The number of imidazole rings is 1. The number of alkyl halides is 3. The van der Waals surface area contributed by atoms with E-state index in [4.69, 9.17) is 19.4 Å². The van der Waals surface area contributed by atoms with Crippen LogP contribution in [0.15, 0.2) is 48.8 Å². The molecule has 11 nitrogen and oxygen atoms in total. The minimum absolute atomic E-state index is 0.0583. The summed E-state index contributed by atoms with van der Waals surface area (Å²) in [5.41, 5.74) is 3.17. The van der Waals surface area contributed by atoms with Gasteiger partial charge in [-0.05, 0) is 38.1 Å². The predicted octanol–water partition coefficient (Wildman–Crippen LogP) is 3.50. The highest BCUT2D eigenvalue weighted by Gasteiger charge is 2.42. The average Bonchev–Trinajstić information content (AvgIpc) is 3.44. The fourth-order valence-corrected chi connectivity index (χ4v) is 5.44. The number of benzene rings is 1. The molecule has 0 amide bonds. The SMILES string of the molecule is O=C(CN1CCC(c2cnc(N3CCOCC3)c3nc(COc4ccc5ccccc5n4)cn23)CC1)OC(=O)C(F)(F)F. The first kappa shape index (κ1) is 28.8. The lowest BCUT2D eigenvalue weighted by Gasteiger charge is -2.32. The molecule has 0 unspecified atom stereocenters. The van der Waals surface area contributed by atoms with Crippen molar-refractivity contribution in [2.75, 3.05) is 50.8 Å². The maximum atomic E-state index is 12.4. The van der Waals surface area contributed by atoms with Gasteiger partial charge in [-0.2, -0.15) is 13.2 Å². The second-order valence-electron chi connectivity index (χ2n) is 10.5. The van der Waals surface area contributed by atoms with Crippen molar-refractivity contribution >= 4 is 34.3 Å². The zero-order valence-corrected chi connectivity index (χ0v) is 23.1. The maximum absolute atomic E-state index is 12.4. The van der Waals surface area contributed by atoms with E-state index < -0.39 is 24.7 Å². The van der Waals surface area contributed by atoms with E-state index in [0.717, 1.165) is 22.4 Å². The Bertz CT molecular complexity index is 1630. The summed E-state index contributed by atoms with van der Waals surface area (Å²) in [6.45, 7) is 3.24. The Hall–Kier alpha value is -4.30. The van der Waals surface area contributed by atoms with Crippen LogP contribution in [0.25, 0.3) is 16.6 Å². The maximum Gasteiger partial charge on any atom is 0.491 e. The van der Waals surface area contributed by atoms with Crippen LogP contribution in [0.4, 0.5) is 19.0 Å². The molecule has 4 aromatic rings. The zero-order valence-electron chi connectivity index (χ0n) is 23.1. The fraction of sp³-hybridized carbons (Fsp3) is 0.414. The van der Waals surface area contributed by atoms with Crippen LogP contribution in [0.5, 0.6) is 5.88 Å². The van der Waals surface area contributed by atoms with Gasteiger partial charge in [0.2, 0.25) is 5.88 Å². The number of esters is 2. The zero-order chi connectivity index (χ0) is 30.0. The molecule has 0 spiro atoms. The lowest BCUT2D eigenvalue weighted by molar-refractivity contribution is -0.202. The number of carbonyl (C=O) groups excluding carboxylic acids is 2. The molecule has 3 aromatic heterocycles. The highest BCUT2D eigenvalue weighted by molar-refractivity contribution is 5.89. The molecule has 0 saturated carbocycles. The highest BCUT2D eigenvalue weighted by Crippen LogP contribution is 2.31. The van der Waals surface area contributed by atoms with Crippen LogP contribution in [0.1, 0.15) is 30.1 Å². The molecule has 14 heteroatoms. The fourth-order valence-electron chi connectivity index (χ4n) is 5.44. The van der Waals surface area contributed by atoms with Crippen molar-refractivity contribution in [2.45, 2.75) is 31.5 Å². The van der Waals surface area contributed by atoms with Crippen molar-refractivity contribution in [1.82, 2.24) is 24.3 Å². The molecule has 0 atom stereocenters. The quantitative estimate of drug-likeness (QED) is 0.232. The van der Waals surface area contributed by atoms with Gasteiger partial charge in [-0.1, -0.05) is 18.2 Å². The van der Waals surface area contributed by atoms with E-state index in [1.807, 2.05) is 53.2 Å². The normalized spacial score (nSPS) is 17.0. The smallest absolute Gasteiger partial charge is 0.471 e. The standard InChI is InChI=1S/C29H29F3N6O5/c30-29(31,32)28(40)43-25(39)17-36-9-7-20(8-10-36)23-15-33-26(37-11-13-41-14-12-37)27-34-21(16-38(23)27)18-42-24-6-5-19-3-1-2-4-22(19)35-24/h1-6,15-16,20H,7-14,17-18H2. The van der Waals surface area contributed by atoms with Gasteiger partial charge in [0.25, 0.3) is 0 Å². The number of aromatic nitrogens is 4. The monoisotopic (exact) mass is 598 g/mol. The van der Waals surface area contributed by atoms with Crippen LogP contribution in [-0.2, 0) is 25.7 Å². The van der Waals surface area contributed by atoms with Gasteiger partial charge in [-0.25, -0.2) is 19.7 Å². The molecule has 6 rings (SSSR count). The largest absolute Gasteiger partial charge is 0.491 e. The Balaban J connectivity index is 1.18. The molecule has 226 valence electrons. The number of nitrogens with zero attached hydrogens (tertiary/aromatic N) is 6. The lowest BCUT2D eigenvalue weighted by Crippen LogP contribution is -2.39. The minimum atomic E-state index is -5.21. The highest BCUT2D eigenvalue weighted by atomic mass is 19.4. The average molecular weight is 599 g/mol. The molecule has 2 aliphatic heterocycles. The number of rotatable bonds is 7. The number of anilines is 1. The lowest BCUT2D eigenvalue weighted by atomic mass is 9.93. The predicted molar refractivity (Wildman–Crippen MR) is 148 cm³/mol. The molecule has 2 fully saturated rings. The number of piperidine rings is 1. The van der Waals surface area contributed by atoms with Gasteiger partial charge >= 0.3 is 18.1 Å². The summed E-state index contributed by atoms with van der Waals surface area (Å²) in [7, 11) is 0. The van der Waals surface area contributed by atoms with E-state index in [1.165, 1.54) is 0 Å². The van der Waals surface area contributed by atoms with E-state index in [1.54, 1.807) is 4.90 Å². The second kappa shape index (κ2) is 12.1. The number of hydrogen-bond acceptors (Lipinski definition) is 10. The summed E-state index contributed by atoms with van der Waals surface area (Å²) in [6.07, 6.45) is -0.192. The number of ether oxygens (including phenoxy) is 3. The van der Waals surface area contributed by atoms with Gasteiger partial charge in [0.15, 0.2) is 11.5 Å². The third-order valence-corrected chi connectivity index (χ3v) is 7.60. The molecule has 0 bridgehead atoms. The molecule has 43 heavy (non-hydrogen) atoms. The van der Waals surface area contributed by atoms with Crippen LogP contribution in [0, 0.1) is 0 Å². The topological polar surface area (TPSA) is 111 Å². The number of para-hydroxylation sites is 1. The molecule has 1 aromatic carbocycles. The number of fused-ring (bicyclic) bond motifs is 2. The minimum Gasteiger partial charge on any atom is -0.471 e. The summed E-state index contributed by atoms with van der Waals surface area (Å²) in [4.78, 5) is 40.9. The summed E-state index contributed by atoms with van der Waals surface area (Å²) < 4.78 is 54.8. The Morgan fingerprint density at radius 3 is 2.53 bits per heavy atom. The van der Waals surface area contributed by atoms with Crippen LogP contribution in [0.3, 0.4) is 0 Å². The summed E-state index contributed by atoms with van der Waals surface area (Å²) >= 11 is 0. The Morgan fingerprint density at radius 2 is 1.77 bits per heavy atom. The molecule has 2 aliphatic rings. The Morgan fingerprint density at radius 1 is 1.00 bits per heavy atom.